The van der Waals surface area contributed by atoms with E-state index in [0.29, 0.717) is 29.5 Å². The zero-order valence-electron chi connectivity index (χ0n) is 15.4. The van der Waals surface area contributed by atoms with Crippen LogP contribution in [0.3, 0.4) is 0 Å². The van der Waals surface area contributed by atoms with E-state index in [1.807, 2.05) is 48.2 Å². The summed E-state index contributed by atoms with van der Waals surface area (Å²) in [5, 5.41) is 1.42. The van der Waals surface area contributed by atoms with Crippen LogP contribution in [-0.2, 0) is 0 Å². The van der Waals surface area contributed by atoms with Gasteiger partial charge >= 0.3 is 0 Å². The Morgan fingerprint density at radius 3 is 2.41 bits per heavy atom. The van der Waals surface area contributed by atoms with Gasteiger partial charge in [0.25, 0.3) is 5.91 Å². The van der Waals surface area contributed by atoms with E-state index >= 15 is 0 Å². The van der Waals surface area contributed by atoms with E-state index in [-0.39, 0.29) is 5.91 Å². The van der Waals surface area contributed by atoms with Gasteiger partial charge in [-0.1, -0.05) is 23.7 Å². The normalized spacial score (nSPS) is 14.6. The summed E-state index contributed by atoms with van der Waals surface area (Å²) in [6.07, 6.45) is 0. The highest BCUT2D eigenvalue weighted by Crippen LogP contribution is 2.31. The van der Waals surface area contributed by atoms with Gasteiger partial charge in [0.1, 0.15) is 5.75 Å². The number of furan rings is 1. The van der Waals surface area contributed by atoms with E-state index in [1.165, 1.54) is 0 Å². The molecule has 5 nitrogen and oxygen atoms in total. The van der Waals surface area contributed by atoms with Crippen LogP contribution in [0.5, 0.6) is 5.75 Å². The first-order valence-electron chi connectivity index (χ1n) is 8.94. The smallest absolute Gasteiger partial charge is 0.290 e. The molecule has 3 aromatic rings. The van der Waals surface area contributed by atoms with Crippen LogP contribution in [0.15, 0.2) is 46.9 Å². The number of para-hydroxylation sites is 1. The molecule has 0 radical (unpaired) electrons. The van der Waals surface area contributed by atoms with E-state index in [1.54, 1.807) is 13.2 Å². The van der Waals surface area contributed by atoms with Crippen molar-refractivity contribution in [3.8, 4) is 5.75 Å². The molecule has 1 amide bonds. The minimum Gasteiger partial charge on any atom is -0.497 e. The molecule has 0 atom stereocenters. The molecule has 2 aromatic carbocycles. The molecule has 1 saturated heterocycles. The van der Waals surface area contributed by atoms with Crippen molar-refractivity contribution < 1.29 is 13.9 Å². The summed E-state index contributed by atoms with van der Waals surface area (Å²) in [6, 6.07) is 13.6. The predicted molar refractivity (Wildman–Crippen MR) is 107 cm³/mol. The minimum absolute atomic E-state index is 0.0749. The number of anilines is 1. The third-order valence-electron chi connectivity index (χ3n) is 5.11. The van der Waals surface area contributed by atoms with Crippen molar-refractivity contribution in [2.45, 2.75) is 6.92 Å². The van der Waals surface area contributed by atoms with Crippen LogP contribution in [0.25, 0.3) is 11.0 Å². The fourth-order valence-electron chi connectivity index (χ4n) is 3.52. The van der Waals surface area contributed by atoms with Gasteiger partial charge in [-0.3, -0.25) is 4.79 Å². The summed E-state index contributed by atoms with van der Waals surface area (Å²) < 4.78 is 11.0. The highest BCUT2D eigenvalue weighted by atomic mass is 35.5. The number of methoxy groups -OCH3 is 1. The predicted octanol–water partition coefficient (Wildman–Crippen LogP) is 4.37. The summed E-state index contributed by atoms with van der Waals surface area (Å²) in [5.74, 6) is 1.15. The third kappa shape index (κ3) is 3.23. The number of hydrogen-bond acceptors (Lipinski definition) is 4. The van der Waals surface area contributed by atoms with Crippen LogP contribution in [0, 0.1) is 6.92 Å². The molecule has 1 aliphatic rings. The molecule has 0 saturated carbocycles. The Bertz CT molecular complexity index is 973. The maximum Gasteiger partial charge on any atom is 0.290 e. The first-order chi connectivity index (χ1) is 13.1. The average Bonchev–Trinajstić information content (AvgIpc) is 3.06. The van der Waals surface area contributed by atoms with Crippen LogP contribution in [0.2, 0.25) is 5.02 Å². The molecule has 0 aliphatic carbocycles. The first kappa shape index (κ1) is 17.7. The zero-order chi connectivity index (χ0) is 19.0. The van der Waals surface area contributed by atoms with Crippen LogP contribution < -0.4 is 9.64 Å². The Labute approximate surface area is 163 Å². The van der Waals surface area contributed by atoms with E-state index in [2.05, 4.69) is 4.90 Å². The van der Waals surface area contributed by atoms with Gasteiger partial charge < -0.3 is 19.0 Å². The molecule has 0 unspecified atom stereocenters. The number of benzene rings is 2. The molecule has 27 heavy (non-hydrogen) atoms. The molecule has 0 bridgehead atoms. The Balaban J connectivity index is 1.48. The summed E-state index contributed by atoms with van der Waals surface area (Å²) >= 11 is 6.21. The summed E-state index contributed by atoms with van der Waals surface area (Å²) in [6.45, 7) is 4.75. The second-order valence-corrected chi connectivity index (χ2v) is 7.06. The number of ether oxygens (including phenoxy) is 1. The molecule has 6 heteroatoms. The third-order valence-corrected chi connectivity index (χ3v) is 5.41. The van der Waals surface area contributed by atoms with Crippen molar-refractivity contribution in [1.82, 2.24) is 4.90 Å². The highest BCUT2D eigenvalue weighted by molar-refractivity contribution is 6.35. The molecule has 140 valence electrons. The Kier molecular flexibility index (Phi) is 4.70. The average molecular weight is 385 g/mol. The maximum atomic E-state index is 13.0. The van der Waals surface area contributed by atoms with Crippen molar-refractivity contribution in [1.29, 1.82) is 0 Å². The van der Waals surface area contributed by atoms with Crippen molar-refractivity contribution in [3.05, 3.63) is 58.8 Å². The highest BCUT2D eigenvalue weighted by Gasteiger charge is 2.27. The molecule has 2 heterocycles. The number of aryl methyl sites for hydroxylation is 1. The van der Waals surface area contributed by atoms with Crippen LogP contribution in [0.4, 0.5) is 5.69 Å². The van der Waals surface area contributed by atoms with E-state index in [4.69, 9.17) is 20.8 Å². The lowest BCUT2D eigenvalue weighted by molar-refractivity contribution is 0.0716. The molecule has 1 aromatic heterocycles. The largest absolute Gasteiger partial charge is 0.497 e. The molecular weight excluding hydrogens is 364 g/mol. The fourth-order valence-corrected chi connectivity index (χ4v) is 3.73. The summed E-state index contributed by atoms with van der Waals surface area (Å²) in [7, 11) is 1.66. The van der Waals surface area contributed by atoms with Crippen molar-refractivity contribution >= 4 is 34.2 Å². The molecule has 0 spiro atoms. The molecule has 4 rings (SSSR count). The minimum atomic E-state index is -0.0749. The summed E-state index contributed by atoms with van der Waals surface area (Å²) in [5.41, 5.74) is 2.56. The number of amides is 1. The number of fused-ring (bicyclic) bond motifs is 1. The summed E-state index contributed by atoms with van der Waals surface area (Å²) in [4.78, 5) is 17.1. The second kappa shape index (κ2) is 7.16. The van der Waals surface area contributed by atoms with Gasteiger partial charge in [0, 0.05) is 42.8 Å². The quantitative estimate of drug-likeness (QED) is 0.672. The van der Waals surface area contributed by atoms with Crippen LogP contribution >= 0.6 is 11.6 Å². The SMILES string of the molecule is COc1ccc(N2CCN(C(=O)c3oc4c(Cl)cccc4c3C)CC2)cc1. The lowest BCUT2D eigenvalue weighted by atomic mass is 10.1. The second-order valence-electron chi connectivity index (χ2n) is 6.65. The van der Waals surface area contributed by atoms with Crippen molar-refractivity contribution in [2.24, 2.45) is 0 Å². The zero-order valence-corrected chi connectivity index (χ0v) is 16.1. The molecular formula is C21H21ClN2O3. The van der Waals surface area contributed by atoms with E-state index in [9.17, 15) is 4.79 Å². The van der Waals surface area contributed by atoms with Gasteiger partial charge in [-0.15, -0.1) is 0 Å². The standard InChI is InChI=1S/C21H21ClN2O3/c1-14-17-4-3-5-18(22)20(17)27-19(14)21(25)24-12-10-23(11-13-24)15-6-8-16(26-2)9-7-15/h3-9H,10-13H2,1-2H3. The monoisotopic (exact) mass is 384 g/mol. The number of carbonyl (C=O) groups is 1. The molecule has 0 N–H and O–H groups in total. The number of hydrogen-bond donors (Lipinski definition) is 0. The van der Waals surface area contributed by atoms with Gasteiger partial charge in [0.05, 0.1) is 12.1 Å². The number of nitrogens with zero attached hydrogens (tertiary/aromatic N) is 2. The van der Waals surface area contributed by atoms with E-state index in [0.717, 1.165) is 35.5 Å². The van der Waals surface area contributed by atoms with Crippen molar-refractivity contribution in [3.63, 3.8) is 0 Å². The number of rotatable bonds is 3. The first-order valence-corrected chi connectivity index (χ1v) is 9.32. The van der Waals surface area contributed by atoms with Crippen LogP contribution in [0.1, 0.15) is 16.1 Å². The molecule has 1 fully saturated rings. The number of carbonyl (C=O) groups excluding carboxylic acids is 1. The van der Waals surface area contributed by atoms with Gasteiger partial charge in [0.2, 0.25) is 0 Å². The van der Waals surface area contributed by atoms with Crippen LogP contribution in [-0.4, -0.2) is 44.1 Å². The van der Waals surface area contributed by atoms with Crippen molar-refractivity contribution in [2.75, 3.05) is 38.2 Å². The number of halogens is 1. The van der Waals surface area contributed by atoms with Gasteiger partial charge in [0.15, 0.2) is 11.3 Å². The number of piperazine rings is 1. The van der Waals surface area contributed by atoms with E-state index < -0.39 is 0 Å². The molecule has 1 aliphatic heterocycles. The van der Waals surface area contributed by atoms with Gasteiger partial charge in [-0.25, -0.2) is 0 Å². The van der Waals surface area contributed by atoms with Gasteiger partial charge in [-0.05, 0) is 37.3 Å². The Morgan fingerprint density at radius 2 is 1.78 bits per heavy atom. The Hall–Kier alpha value is -2.66. The topological polar surface area (TPSA) is 45.9 Å². The lowest BCUT2D eigenvalue weighted by Crippen LogP contribution is -2.48. The fraction of sp³-hybridized carbons (Fsp3) is 0.286. The maximum absolute atomic E-state index is 13.0. The Morgan fingerprint density at radius 1 is 1.07 bits per heavy atom. The van der Waals surface area contributed by atoms with Gasteiger partial charge in [-0.2, -0.15) is 0 Å². The lowest BCUT2D eigenvalue weighted by Gasteiger charge is -2.35.